The highest BCUT2D eigenvalue weighted by Crippen LogP contribution is 2.22. The summed E-state index contributed by atoms with van der Waals surface area (Å²) < 4.78 is 58.0. The van der Waals surface area contributed by atoms with E-state index in [0.717, 1.165) is 17.4 Å². The summed E-state index contributed by atoms with van der Waals surface area (Å²) in [5.74, 6) is -0.775. The zero-order valence-electron chi connectivity index (χ0n) is 9.69. The summed E-state index contributed by atoms with van der Waals surface area (Å²) in [6.45, 7) is 1.21. The lowest BCUT2D eigenvalue weighted by atomic mass is 10.2. The lowest BCUT2D eigenvalue weighted by Gasteiger charge is -2.15. The SMILES string of the molecule is CC(CC(F)(F)F)NC(=O)c1csc(S(N)(=O)=O)c1. The second-order valence-corrected chi connectivity index (χ2v) is 6.59. The quantitative estimate of drug-likeness (QED) is 0.881. The molecule has 1 unspecified atom stereocenters. The van der Waals surface area contributed by atoms with Gasteiger partial charge in [-0.05, 0) is 13.0 Å². The Morgan fingerprint density at radius 3 is 2.53 bits per heavy atom. The van der Waals surface area contributed by atoms with Crippen LogP contribution in [0.3, 0.4) is 0 Å². The number of sulfonamides is 1. The number of halogens is 3. The molecular weight excluding hydrogens is 305 g/mol. The number of rotatable bonds is 4. The van der Waals surface area contributed by atoms with Gasteiger partial charge < -0.3 is 5.32 Å². The molecule has 0 radical (unpaired) electrons. The van der Waals surface area contributed by atoms with E-state index in [1.54, 1.807) is 0 Å². The van der Waals surface area contributed by atoms with Crippen molar-refractivity contribution in [1.82, 2.24) is 5.32 Å². The van der Waals surface area contributed by atoms with Crippen LogP contribution in [0.4, 0.5) is 13.2 Å². The van der Waals surface area contributed by atoms with E-state index in [4.69, 9.17) is 5.14 Å². The van der Waals surface area contributed by atoms with Gasteiger partial charge in [-0.1, -0.05) is 0 Å². The number of amides is 1. The molecule has 0 bridgehead atoms. The van der Waals surface area contributed by atoms with Crippen molar-refractivity contribution in [3.8, 4) is 0 Å². The highest BCUT2D eigenvalue weighted by molar-refractivity contribution is 7.91. The molecule has 1 aromatic heterocycles. The van der Waals surface area contributed by atoms with E-state index in [1.165, 1.54) is 12.3 Å². The lowest BCUT2D eigenvalue weighted by molar-refractivity contribution is -0.138. The van der Waals surface area contributed by atoms with Crippen molar-refractivity contribution in [2.75, 3.05) is 0 Å². The van der Waals surface area contributed by atoms with Gasteiger partial charge in [0.2, 0.25) is 10.0 Å². The fraction of sp³-hybridized carbons (Fsp3) is 0.444. The first-order valence-electron chi connectivity index (χ1n) is 4.98. The highest BCUT2D eigenvalue weighted by Gasteiger charge is 2.30. The maximum atomic E-state index is 12.1. The number of hydrogen-bond acceptors (Lipinski definition) is 4. The summed E-state index contributed by atoms with van der Waals surface area (Å²) in [5, 5.41) is 8.20. The second-order valence-electron chi connectivity index (χ2n) is 3.89. The average Bonchev–Trinajstić information content (AvgIpc) is 2.61. The third-order valence-corrected chi connectivity index (χ3v) is 4.42. The minimum atomic E-state index is -4.38. The van der Waals surface area contributed by atoms with E-state index in [9.17, 15) is 26.4 Å². The summed E-state index contributed by atoms with van der Waals surface area (Å²) in [6.07, 6.45) is -5.54. The van der Waals surface area contributed by atoms with Gasteiger partial charge in [0.25, 0.3) is 5.91 Å². The van der Waals surface area contributed by atoms with Gasteiger partial charge in [-0.15, -0.1) is 11.3 Å². The Balaban J connectivity index is 2.72. The van der Waals surface area contributed by atoms with Crippen LogP contribution in [0.1, 0.15) is 23.7 Å². The number of carbonyl (C=O) groups is 1. The van der Waals surface area contributed by atoms with E-state index < -0.39 is 34.6 Å². The normalized spacial score (nSPS) is 14.2. The topological polar surface area (TPSA) is 89.3 Å². The van der Waals surface area contributed by atoms with E-state index >= 15 is 0 Å². The Morgan fingerprint density at radius 2 is 2.11 bits per heavy atom. The Kier molecular flexibility index (Phi) is 4.59. The molecule has 0 saturated carbocycles. The molecule has 1 amide bonds. The fourth-order valence-electron chi connectivity index (χ4n) is 1.29. The zero-order valence-corrected chi connectivity index (χ0v) is 11.3. The Hall–Kier alpha value is -1.13. The van der Waals surface area contributed by atoms with Crippen LogP contribution in [0, 0.1) is 0 Å². The number of nitrogens with two attached hydrogens (primary N) is 1. The zero-order chi connectivity index (χ0) is 14.8. The van der Waals surface area contributed by atoms with Crippen molar-refractivity contribution in [2.24, 2.45) is 5.14 Å². The molecule has 0 aliphatic carbocycles. The minimum absolute atomic E-state index is 0.0388. The van der Waals surface area contributed by atoms with Gasteiger partial charge >= 0.3 is 6.18 Å². The molecule has 0 fully saturated rings. The molecule has 1 atom stereocenters. The molecule has 0 aromatic carbocycles. The number of primary sulfonamides is 1. The first-order valence-corrected chi connectivity index (χ1v) is 7.40. The summed E-state index contributed by atoms with van der Waals surface area (Å²) in [5.41, 5.74) is -0.0388. The Morgan fingerprint density at radius 1 is 1.53 bits per heavy atom. The monoisotopic (exact) mass is 316 g/mol. The number of thiophene rings is 1. The lowest BCUT2D eigenvalue weighted by Crippen LogP contribution is -2.35. The molecule has 1 rings (SSSR count). The van der Waals surface area contributed by atoms with Crippen molar-refractivity contribution in [2.45, 2.75) is 29.8 Å². The van der Waals surface area contributed by atoms with Crippen molar-refractivity contribution in [3.63, 3.8) is 0 Å². The fourth-order valence-corrected chi connectivity index (χ4v) is 2.88. The van der Waals surface area contributed by atoms with Gasteiger partial charge in [0.1, 0.15) is 4.21 Å². The van der Waals surface area contributed by atoms with Crippen LogP contribution in [0.15, 0.2) is 15.7 Å². The minimum Gasteiger partial charge on any atom is -0.349 e. The molecule has 19 heavy (non-hydrogen) atoms. The number of nitrogens with one attached hydrogen (secondary N) is 1. The summed E-state index contributed by atoms with van der Waals surface area (Å²) >= 11 is 0.729. The summed E-state index contributed by atoms with van der Waals surface area (Å²) in [6, 6.07) is -0.0827. The van der Waals surface area contributed by atoms with Gasteiger partial charge in [-0.2, -0.15) is 13.2 Å². The Bertz CT molecular complexity index is 566. The maximum absolute atomic E-state index is 12.1. The van der Waals surface area contributed by atoms with Crippen molar-refractivity contribution in [3.05, 3.63) is 17.0 Å². The number of alkyl halides is 3. The molecule has 3 N–H and O–H groups in total. The predicted molar refractivity (Wildman–Crippen MR) is 63.3 cm³/mol. The van der Waals surface area contributed by atoms with Crippen LogP contribution in [-0.2, 0) is 10.0 Å². The molecule has 108 valence electrons. The van der Waals surface area contributed by atoms with Gasteiger partial charge in [0, 0.05) is 11.4 Å². The van der Waals surface area contributed by atoms with Crippen LogP contribution in [0.5, 0.6) is 0 Å². The van der Waals surface area contributed by atoms with Crippen LogP contribution in [-0.4, -0.2) is 26.5 Å². The largest absolute Gasteiger partial charge is 0.391 e. The molecule has 5 nitrogen and oxygen atoms in total. The third-order valence-electron chi connectivity index (χ3n) is 2.03. The molecule has 1 heterocycles. The first-order chi connectivity index (χ1) is 8.49. The smallest absolute Gasteiger partial charge is 0.349 e. The molecular formula is C9H11F3N2O3S2. The van der Waals surface area contributed by atoms with Gasteiger partial charge in [0.05, 0.1) is 12.0 Å². The van der Waals surface area contributed by atoms with E-state index in [0.29, 0.717) is 0 Å². The summed E-state index contributed by atoms with van der Waals surface area (Å²) in [4.78, 5) is 11.6. The third kappa shape index (κ3) is 5.17. The highest BCUT2D eigenvalue weighted by atomic mass is 32.2. The van der Waals surface area contributed by atoms with Crippen LogP contribution in [0.25, 0.3) is 0 Å². The average molecular weight is 316 g/mol. The van der Waals surface area contributed by atoms with Crippen molar-refractivity contribution in [1.29, 1.82) is 0 Å². The number of carbonyl (C=O) groups excluding carboxylic acids is 1. The molecule has 0 spiro atoms. The van der Waals surface area contributed by atoms with E-state index in [-0.39, 0.29) is 9.77 Å². The van der Waals surface area contributed by atoms with Crippen molar-refractivity contribution >= 4 is 27.3 Å². The second kappa shape index (κ2) is 5.47. The van der Waals surface area contributed by atoms with Crippen LogP contribution >= 0.6 is 11.3 Å². The molecule has 0 saturated heterocycles. The molecule has 1 aromatic rings. The van der Waals surface area contributed by atoms with Crippen LogP contribution in [0.2, 0.25) is 0 Å². The molecule has 10 heteroatoms. The Labute approximate surface area is 111 Å². The maximum Gasteiger partial charge on any atom is 0.391 e. The van der Waals surface area contributed by atoms with E-state index in [2.05, 4.69) is 5.32 Å². The van der Waals surface area contributed by atoms with Gasteiger partial charge in [-0.25, -0.2) is 13.6 Å². The number of hydrogen-bond donors (Lipinski definition) is 2. The van der Waals surface area contributed by atoms with Gasteiger partial charge in [-0.3, -0.25) is 4.79 Å². The van der Waals surface area contributed by atoms with Crippen molar-refractivity contribution < 1.29 is 26.4 Å². The summed E-state index contributed by atoms with van der Waals surface area (Å²) in [7, 11) is -3.91. The molecule has 0 aliphatic rings. The standard InChI is InChI=1S/C9H11F3N2O3S2/c1-5(3-9(10,11)12)14-8(15)6-2-7(18-4-6)19(13,16)17/h2,4-5H,3H2,1H3,(H,14,15)(H2,13,16,17). The molecule has 0 aliphatic heterocycles. The van der Waals surface area contributed by atoms with E-state index in [1.807, 2.05) is 0 Å². The van der Waals surface area contributed by atoms with Crippen LogP contribution < -0.4 is 10.5 Å². The van der Waals surface area contributed by atoms with Gasteiger partial charge in [0.15, 0.2) is 0 Å². The first kappa shape index (κ1) is 15.9. The predicted octanol–water partition coefficient (Wildman–Crippen LogP) is 1.47.